The second kappa shape index (κ2) is 42.4. The van der Waals surface area contributed by atoms with Gasteiger partial charge in [0, 0.05) is 63.3 Å². The van der Waals surface area contributed by atoms with Crippen LogP contribution in [0.25, 0.3) is 0 Å². The monoisotopic (exact) mass is 598 g/mol. The van der Waals surface area contributed by atoms with Crippen LogP contribution in [0.5, 0.6) is 0 Å². The average Bonchev–Trinajstić information content (AvgIpc) is 2.83. The van der Waals surface area contributed by atoms with Gasteiger partial charge in [-0.25, -0.2) is 0 Å². The third kappa shape index (κ3) is 50.2. The zero-order chi connectivity index (χ0) is 25.1. The molecule has 0 unspecified atom stereocenters. The van der Waals surface area contributed by atoms with Crippen molar-refractivity contribution >= 4 is 22.6 Å². The Labute approximate surface area is 214 Å². The van der Waals surface area contributed by atoms with Crippen molar-refractivity contribution in [1.82, 2.24) is 16.0 Å². The maximum Gasteiger partial charge on any atom is 0.0701 e. The SMILES string of the molecule is NCCNCCN.NCCNCCNCCOCCOCCO.OCCOCCOCCI. The number of hydrogen-bond donors (Lipinski definition) is 8. The van der Waals surface area contributed by atoms with E-state index < -0.39 is 0 Å². The Hall–Kier alpha value is 0.250. The van der Waals surface area contributed by atoms with Gasteiger partial charge in [-0.1, -0.05) is 22.6 Å². The Kier molecular flexibility index (Phi) is 48.6. The molecule has 0 aliphatic carbocycles. The molecular formula is C20H51IN6O6. The molecule has 204 valence electrons. The highest BCUT2D eigenvalue weighted by Gasteiger charge is 1.90. The molecule has 0 saturated carbocycles. The minimum absolute atomic E-state index is 0.0668. The average molecular weight is 599 g/mol. The molecule has 33 heavy (non-hydrogen) atoms. The van der Waals surface area contributed by atoms with Crippen LogP contribution in [-0.2, 0) is 18.9 Å². The topological polar surface area (TPSA) is 192 Å². The van der Waals surface area contributed by atoms with Gasteiger partial charge in [-0.3, -0.25) is 0 Å². The highest BCUT2D eigenvalue weighted by Crippen LogP contribution is 1.83. The Morgan fingerprint density at radius 3 is 1.24 bits per heavy atom. The molecule has 13 heteroatoms. The maximum absolute atomic E-state index is 8.44. The van der Waals surface area contributed by atoms with Crippen LogP contribution in [0.2, 0.25) is 0 Å². The fourth-order valence-electron chi connectivity index (χ4n) is 1.83. The van der Waals surface area contributed by atoms with E-state index in [2.05, 4.69) is 38.5 Å². The quantitative estimate of drug-likeness (QED) is 0.0322. The van der Waals surface area contributed by atoms with Gasteiger partial charge in [0.05, 0.1) is 66.1 Å². The predicted molar refractivity (Wildman–Crippen MR) is 142 cm³/mol. The number of rotatable bonds is 24. The zero-order valence-corrected chi connectivity index (χ0v) is 22.4. The van der Waals surface area contributed by atoms with E-state index >= 15 is 0 Å². The van der Waals surface area contributed by atoms with Crippen molar-refractivity contribution < 1.29 is 29.2 Å². The number of alkyl halides is 1. The molecule has 0 fully saturated rings. The molecule has 0 amide bonds. The molecule has 0 aromatic heterocycles. The van der Waals surface area contributed by atoms with E-state index in [9.17, 15) is 0 Å². The lowest BCUT2D eigenvalue weighted by atomic mass is 10.5. The Morgan fingerprint density at radius 2 is 0.848 bits per heavy atom. The molecule has 12 nitrogen and oxygen atoms in total. The van der Waals surface area contributed by atoms with E-state index in [0.717, 1.165) is 50.3 Å². The molecule has 0 aliphatic rings. The van der Waals surface area contributed by atoms with Crippen LogP contribution in [0.15, 0.2) is 0 Å². The largest absolute Gasteiger partial charge is 0.394 e. The minimum atomic E-state index is 0.0668. The first kappa shape index (κ1) is 37.8. The molecule has 11 N–H and O–H groups in total. The molecule has 0 aromatic carbocycles. The van der Waals surface area contributed by atoms with E-state index in [1.54, 1.807) is 0 Å². The molecule has 0 aliphatic heterocycles. The van der Waals surface area contributed by atoms with Crippen LogP contribution in [0.1, 0.15) is 0 Å². The number of nitrogens with two attached hydrogens (primary N) is 3. The van der Waals surface area contributed by atoms with Crippen LogP contribution >= 0.6 is 22.6 Å². The number of hydrogen-bond acceptors (Lipinski definition) is 12. The molecule has 0 atom stereocenters. The van der Waals surface area contributed by atoms with Gasteiger partial charge in [-0.05, 0) is 0 Å². The Bertz CT molecular complexity index is 280. The first-order valence-corrected chi connectivity index (χ1v) is 13.1. The van der Waals surface area contributed by atoms with E-state index in [1.165, 1.54) is 0 Å². The number of halogens is 1. The summed E-state index contributed by atoms with van der Waals surface area (Å²) in [7, 11) is 0. The third-order valence-electron chi connectivity index (χ3n) is 3.30. The van der Waals surface area contributed by atoms with E-state index in [0.29, 0.717) is 65.9 Å². The first-order chi connectivity index (χ1) is 16.2. The van der Waals surface area contributed by atoms with Crippen LogP contribution in [0.3, 0.4) is 0 Å². The van der Waals surface area contributed by atoms with Crippen molar-refractivity contribution in [3.63, 3.8) is 0 Å². The normalized spacial score (nSPS) is 10.4. The summed E-state index contributed by atoms with van der Waals surface area (Å²) in [6, 6.07) is 0. The Morgan fingerprint density at radius 1 is 0.485 bits per heavy atom. The number of ether oxygens (including phenoxy) is 4. The van der Waals surface area contributed by atoms with Crippen molar-refractivity contribution in [2.24, 2.45) is 17.2 Å². The molecule has 0 heterocycles. The van der Waals surface area contributed by atoms with Crippen LogP contribution < -0.4 is 33.2 Å². The molecular weight excluding hydrogens is 547 g/mol. The molecule has 0 saturated heterocycles. The summed E-state index contributed by atoms with van der Waals surface area (Å²) in [5.74, 6) is 0. The zero-order valence-electron chi connectivity index (χ0n) is 20.3. The van der Waals surface area contributed by atoms with Gasteiger partial charge in [-0.15, -0.1) is 0 Å². The van der Waals surface area contributed by atoms with Crippen molar-refractivity contribution in [3.05, 3.63) is 0 Å². The highest BCUT2D eigenvalue weighted by molar-refractivity contribution is 14.1. The van der Waals surface area contributed by atoms with Gasteiger partial charge in [0.2, 0.25) is 0 Å². The van der Waals surface area contributed by atoms with Gasteiger partial charge < -0.3 is 62.3 Å². The van der Waals surface area contributed by atoms with Crippen molar-refractivity contribution in [2.45, 2.75) is 0 Å². The van der Waals surface area contributed by atoms with Crippen LogP contribution in [0.4, 0.5) is 0 Å². The van der Waals surface area contributed by atoms with Crippen molar-refractivity contribution in [3.8, 4) is 0 Å². The summed E-state index contributed by atoms with van der Waals surface area (Å²) in [5, 5.41) is 26.2. The summed E-state index contributed by atoms with van der Waals surface area (Å²) in [4.78, 5) is 0. The van der Waals surface area contributed by atoms with E-state index in [-0.39, 0.29) is 13.2 Å². The fraction of sp³-hybridized carbons (Fsp3) is 1.00. The van der Waals surface area contributed by atoms with Gasteiger partial charge in [0.15, 0.2) is 0 Å². The van der Waals surface area contributed by atoms with E-state index in [4.69, 9.17) is 46.4 Å². The van der Waals surface area contributed by atoms with Crippen LogP contribution in [0, 0.1) is 0 Å². The van der Waals surface area contributed by atoms with Gasteiger partial charge >= 0.3 is 0 Å². The van der Waals surface area contributed by atoms with Gasteiger partial charge in [0.25, 0.3) is 0 Å². The molecule has 0 bridgehead atoms. The maximum atomic E-state index is 8.44. The Balaban J connectivity index is -0.000000451. The van der Waals surface area contributed by atoms with Crippen molar-refractivity contribution in [1.29, 1.82) is 0 Å². The lowest BCUT2D eigenvalue weighted by molar-refractivity contribution is 0.0341. The van der Waals surface area contributed by atoms with Crippen molar-refractivity contribution in [2.75, 3.05) is 129 Å². The molecule has 0 radical (unpaired) electrons. The second-order valence-electron chi connectivity index (χ2n) is 6.20. The van der Waals surface area contributed by atoms with Gasteiger partial charge in [-0.2, -0.15) is 0 Å². The summed E-state index contributed by atoms with van der Waals surface area (Å²) in [6.45, 7) is 12.1. The smallest absolute Gasteiger partial charge is 0.0701 e. The number of aliphatic hydroxyl groups excluding tert-OH is 2. The summed E-state index contributed by atoms with van der Waals surface area (Å²) in [6.07, 6.45) is 0. The lowest BCUT2D eigenvalue weighted by Crippen LogP contribution is -2.32. The predicted octanol–water partition coefficient (Wildman–Crippen LogP) is -2.91. The number of aliphatic hydroxyl groups is 2. The fourth-order valence-corrected chi connectivity index (χ4v) is 2.14. The number of nitrogens with one attached hydrogen (secondary N) is 3. The van der Waals surface area contributed by atoms with Gasteiger partial charge in [0.1, 0.15) is 0 Å². The summed E-state index contributed by atoms with van der Waals surface area (Å²) in [5.41, 5.74) is 15.7. The molecule has 0 spiro atoms. The van der Waals surface area contributed by atoms with E-state index in [1.807, 2.05) is 0 Å². The summed E-state index contributed by atoms with van der Waals surface area (Å²) >= 11 is 2.25. The minimum Gasteiger partial charge on any atom is -0.394 e. The molecule has 0 aromatic rings. The van der Waals surface area contributed by atoms with Crippen LogP contribution in [-0.4, -0.2) is 140 Å². The third-order valence-corrected chi connectivity index (χ3v) is 3.74. The first-order valence-electron chi connectivity index (χ1n) is 11.6. The molecule has 0 rings (SSSR count). The second-order valence-corrected chi connectivity index (χ2v) is 7.28. The lowest BCUT2D eigenvalue weighted by Gasteiger charge is -2.07. The highest BCUT2D eigenvalue weighted by atomic mass is 127. The summed E-state index contributed by atoms with van der Waals surface area (Å²) < 4.78 is 21.4. The standard InChI is InChI=1S/C10H25N3O3.C6H13IO3.C4H13N3/c11-1-2-12-3-4-13-5-7-15-9-10-16-8-6-14;7-1-3-9-5-6-10-4-2-8;5-1-3-7-4-2-6/h12-14H,1-11H2;8H,1-6H2;7H,1-6H2.